The van der Waals surface area contributed by atoms with Crippen molar-refractivity contribution in [2.45, 2.75) is 0 Å². The second kappa shape index (κ2) is 4.00. The van der Waals surface area contributed by atoms with Gasteiger partial charge in [-0.1, -0.05) is 0 Å². The van der Waals surface area contributed by atoms with Gasteiger partial charge in [-0.3, -0.25) is 4.98 Å². The maximum atomic E-state index is 9.15. The first-order chi connectivity index (χ1) is 7.29. The molecular weight excluding hydrogens is 190 g/mol. The molecular formula is C12H11NO2. The van der Waals surface area contributed by atoms with E-state index in [2.05, 4.69) is 4.98 Å². The maximum Gasteiger partial charge on any atom is 0.137 e. The molecule has 76 valence electrons. The third-order valence-electron chi connectivity index (χ3n) is 2.14. The molecule has 1 aromatic carbocycles. The summed E-state index contributed by atoms with van der Waals surface area (Å²) in [5, 5.41) is 9.15. The molecule has 1 heterocycles. The molecule has 0 amide bonds. The SMILES string of the molecule is COc1ccc(-c2ccc(O)cc2)nc1. The monoisotopic (exact) mass is 201 g/mol. The molecule has 15 heavy (non-hydrogen) atoms. The Labute approximate surface area is 88.0 Å². The van der Waals surface area contributed by atoms with E-state index in [1.165, 1.54) is 0 Å². The van der Waals surface area contributed by atoms with Crippen LogP contribution >= 0.6 is 0 Å². The summed E-state index contributed by atoms with van der Waals surface area (Å²) in [6, 6.07) is 10.7. The summed E-state index contributed by atoms with van der Waals surface area (Å²) in [7, 11) is 1.61. The molecule has 2 aromatic rings. The number of aromatic nitrogens is 1. The smallest absolute Gasteiger partial charge is 0.137 e. The molecule has 0 atom stereocenters. The predicted molar refractivity (Wildman–Crippen MR) is 57.9 cm³/mol. The number of hydrogen-bond donors (Lipinski definition) is 1. The number of phenols is 1. The summed E-state index contributed by atoms with van der Waals surface area (Å²) in [6.07, 6.45) is 1.67. The Balaban J connectivity index is 2.33. The lowest BCUT2D eigenvalue weighted by molar-refractivity contribution is 0.413. The van der Waals surface area contributed by atoms with Crippen LogP contribution in [0.15, 0.2) is 42.6 Å². The van der Waals surface area contributed by atoms with Gasteiger partial charge in [-0.2, -0.15) is 0 Å². The quantitative estimate of drug-likeness (QED) is 0.811. The Kier molecular flexibility index (Phi) is 2.54. The molecule has 0 saturated carbocycles. The van der Waals surface area contributed by atoms with Crippen molar-refractivity contribution in [3.63, 3.8) is 0 Å². The highest BCUT2D eigenvalue weighted by Crippen LogP contribution is 2.21. The minimum absolute atomic E-state index is 0.257. The zero-order valence-electron chi connectivity index (χ0n) is 8.34. The number of phenolic OH excluding ortho intramolecular Hbond substituents is 1. The van der Waals surface area contributed by atoms with Crippen molar-refractivity contribution in [3.8, 4) is 22.8 Å². The van der Waals surface area contributed by atoms with Gasteiger partial charge in [-0.05, 0) is 36.4 Å². The highest BCUT2D eigenvalue weighted by Gasteiger charge is 1.99. The van der Waals surface area contributed by atoms with Crippen molar-refractivity contribution in [1.82, 2.24) is 4.98 Å². The lowest BCUT2D eigenvalue weighted by Crippen LogP contribution is -1.86. The van der Waals surface area contributed by atoms with Crippen LogP contribution in [0.3, 0.4) is 0 Å². The van der Waals surface area contributed by atoms with Crippen LogP contribution < -0.4 is 4.74 Å². The standard InChI is InChI=1S/C12H11NO2/c1-15-11-6-7-12(13-8-11)9-2-4-10(14)5-3-9/h2-8,14H,1H3. The highest BCUT2D eigenvalue weighted by atomic mass is 16.5. The predicted octanol–water partition coefficient (Wildman–Crippen LogP) is 2.46. The second-order valence-electron chi connectivity index (χ2n) is 3.13. The summed E-state index contributed by atoms with van der Waals surface area (Å²) in [5.41, 5.74) is 1.83. The molecule has 0 fully saturated rings. The van der Waals surface area contributed by atoms with Gasteiger partial charge >= 0.3 is 0 Å². The minimum Gasteiger partial charge on any atom is -0.508 e. The van der Waals surface area contributed by atoms with Crippen molar-refractivity contribution in [1.29, 1.82) is 0 Å². The summed E-state index contributed by atoms with van der Waals surface area (Å²) < 4.78 is 5.02. The lowest BCUT2D eigenvalue weighted by Gasteiger charge is -2.02. The van der Waals surface area contributed by atoms with Crippen molar-refractivity contribution >= 4 is 0 Å². The van der Waals surface area contributed by atoms with Gasteiger partial charge in [-0.25, -0.2) is 0 Å². The van der Waals surface area contributed by atoms with Gasteiger partial charge in [-0.15, -0.1) is 0 Å². The van der Waals surface area contributed by atoms with E-state index in [1.54, 1.807) is 25.4 Å². The fourth-order valence-electron chi connectivity index (χ4n) is 1.30. The highest BCUT2D eigenvalue weighted by molar-refractivity contribution is 5.60. The number of hydrogen-bond acceptors (Lipinski definition) is 3. The van der Waals surface area contributed by atoms with E-state index in [-0.39, 0.29) is 5.75 Å². The third-order valence-corrected chi connectivity index (χ3v) is 2.14. The Morgan fingerprint density at radius 1 is 1.07 bits per heavy atom. The lowest BCUT2D eigenvalue weighted by atomic mass is 10.1. The molecule has 2 rings (SSSR count). The molecule has 0 saturated heterocycles. The summed E-state index contributed by atoms with van der Waals surface area (Å²) >= 11 is 0. The summed E-state index contributed by atoms with van der Waals surface area (Å²) in [4.78, 5) is 4.24. The Morgan fingerprint density at radius 2 is 1.80 bits per heavy atom. The van der Waals surface area contributed by atoms with Crippen LogP contribution in [0.1, 0.15) is 0 Å². The average Bonchev–Trinajstić information content (AvgIpc) is 2.30. The van der Waals surface area contributed by atoms with E-state index in [1.807, 2.05) is 24.3 Å². The van der Waals surface area contributed by atoms with Gasteiger partial charge in [0.2, 0.25) is 0 Å². The largest absolute Gasteiger partial charge is 0.508 e. The van der Waals surface area contributed by atoms with Crippen LogP contribution in [0.4, 0.5) is 0 Å². The number of aromatic hydroxyl groups is 1. The van der Waals surface area contributed by atoms with Gasteiger partial charge in [0, 0.05) is 5.56 Å². The average molecular weight is 201 g/mol. The summed E-state index contributed by atoms with van der Waals surface area (Å²) in [6.45, 7) is 0. The third kappa shape index (κ3) is 2.07. The number of pyridine rings is 1. The molecule has 1 N–H and O–H groups in total. The fourth-order valence-corrected chi connectivity index (χ4v) is 1.30. The van der Waals surface area contributed by atoms with Crippen LogP contribution in [0.25, 0.3) is 11.3 Å². The van der Waals surface area contributed by atoms with E-state index in [0.717, 1.165) is 17.0 Å². The Morgan fingerprint density at radius 3 is 2.33 bits per heavy atom. The van der Waals surface area contributed by atoms with E-state index in [4.69, 9.17) is 9.84 Å². The fraction of sp³-hybridized carbons (Fsp3) is 0.0833. The van der Waals surface area contributed by atoms with Gasteiger partial charge in [0.1, 0.15) is 11.5 Å². The van der Waals surface area contributed by atoms with E-state index >= 15 is 0 Å². The molecule has 1 aromatic heterocycles. The Bertz CT molecular complexity index is 434. The van der Waals surface area contributed by atoms with Gasteiger partial charge in [0.05, 0.1) is 19.0 Å². The molecule has 0 spiro atoms. The normalized spacial score (nSPS) is 9.93. The number of nitrogens with zero attached hydrogens (tertiary/aromatic N) is 1. The zero-order chi connectivity index (χ0) is 10.7. The van der Waals surface area contributed by atoms with E-state index < -0.39 is 0 Å². The van der Waals surface area contributed by atoms with Crippen LogP contribution in [0.5, 0.6) is 11.5 Å². The molecule has 0 unspecified atom stereocenters. The van der Waals surface area contributed by atoms with Gasteiger partial charge in [0.15, 0.2) is 0 Å². The first kappa shape index (κ1) is 9.52. The van der Waals surface area contributed by atoms with Gasteiger partial charge in [0.25, 0.3) is 0 Å². The molecule has 3 nitrogen and oxygen atoms in total. The molecule has 0 aliphatic carbocycles. The van der Waals surface area contributed by atoms with Crippen LogP contribution in [0, 0.1) is 0 Å². The molecule has 3 heteroatoms. The number of rotatable bonds is 2. The second-order valence-corrected chi connectivity index (χ2v) is 3.13. The van der Waals surface area contributed by atoms with Crippen molar-refractivity contribution in [2.75, 3.05) is 7.11 Å². The minimum atomic E-state index is 0.257. The molecule has 0 bridgehead atoms. The first-order valence-electron chi connectivity index (χ1n) is 4.59. The van der Waals surface area contributed by atoms with Crippen molar-refractivity contribution in [3.05, 3.63) is 42.6 Å². The van der Waals surface area contributed by atoms with Crippen molar-refractivity contribution < 1.29 is 9.84 Å². The van der Waals surface area contributed by atoms with E-state index in [0.29, 0.717) is 0 Å². The van der Waals surface area contributed by atoms with Crippen LogP contribution in [0.2, 0.25) is 0 Å². The molecule has 0 aliphatic heterocycles. The number of methoxy groups -OCH3 is 1. The topological polar surface area (TPSA) is 42.4 Å². The van der Waals surface area contributed by atoms with Gasteiger partial charge < -0.3 is 9.84 Å². The van der Waals surface area contributed by atoms with Crippen LogP contribution in [-0.2, 0) is 0 Å². The number of ether oxygens (including phenoxy) is 1. The van der Waals surface area contributed by atoms with Crippen molar-refractivity contribution in [2.24, 2.45) is 0 Å². The Hall–Kier alpha value is -2.03. The summed E-state index contributed by atoms with van der Waals surface area (Å²) in [5.74, 6) is 0.991. The number of benzene rings is 1. The van der Waals surface area contributed by atoms with Crippen LogP contribution in [-0.4, -0.2) is 17.2 Å². The zero-order valence-corrected chi connectivity index (χ0v) is 8.34. The molecule has 0 aliphatic rings. The molecule has 0 radical (unpaired) electrons. The van der Waals surface area contributed by atoms with E-state index in [9.17, 15) is 0 Å². The maximum absolute atomic E-state index is 9.15. The first-order valence-corrected chi connectivity index (χ1v) is 4.59.